The van der Waals surface area contributed by atoms with Gasteiger partial charge in [-0.25, -0.2) is 4.79 Å². The van der Waals surface area contributed by atoms with E-state index >= 15 is 0 Å². The van der Waals surface area contributed by atoms with E-state index in [-0.39, 0.29) is 5.57 Å². The molecular formula is C14H16N2O2. The van der Waals surface area contributed by atoms with Gasteiger partial charge in [0.1, 0.15) is 11.6 Å². The molecule has 0 unspecified atom stereocenters. The molecule has 1 aromatic rings. The number of aryl methyl sites for hydroxylation is 1. The Labute approximate surface area is 106 Å². The van der Waals surface area contributed by atoms with Gasteiger partial charge in [0, 0.05) is 18.9 Å². The van der Waals surface area contributed by atoms with Crippen LogP contribution < -0.4 is 0 Å². The molecule has 0 amide bonds. The van der Waals surface area contributed by atoms with Gasteiger partial charge in [0.2, 0.25) is 0 Å². The summed E-state index contributed by atoms with van der Waals surface area (Å²) in [6.07, 6.45) is 10.9. The Hall–Kier alpha value is -2.28. The number of carboxylic acids is 1. The molecule has 0 aliphatic carbocycles. The summed E-state index contributed by atoms with van der Waals surface area (Å²) in [4.78, 5) is 10.6. The van der Waals surface area contributed by atoms with Crippen LogP contribution in [0.4, 0.5) is 0 Å². The number of hydrogen-bond donors (Lipinski definition) is 1. The van der Waals surface area contributed by atoms with Crippen molar-refractivity contribution in [3.05, 3.63) is 41.7 Å². The number of rotatable bonds is 6. The van der Waals surface area contributed by atoms with E-state index in [0.29, 0.717) is 0 Å². The van der Waals surface area contributed by atoms with Gasteiger partial charge in [0.15, 0.2) is 0 Å². The van der Waals surface area contributed by atoms with Crippen LogP contribution in [-0.4, -0.2) is 15.6 Å². The van der Waals surface area contributed by atoms with E-state index in [1.807, 2.05) is 18.5 Å². The van der Waals surface area contributed by atoms with Crippen molar-refractivity contribution in [1.29, 1.82) is 5.26 Å². The van der Waals surface area contributed by atoms with Crippen LogP contribution in [0.3, 0.4) is 0 Å². The fraction of sp³-hybridized carbons (Fsp3) is 0.286. The first-order valence-corrected chi connectivity index (χ1v) is 5.85. The molecule has 0 saturated heterocycles. The Kier molecular flexibility index (Phi) is 5.46. The Morgan fingerprint density at radius 3 is 3.00 bits per heavy atom. The fourth-order valence-corrected chi connectivity index (χ4v) is 1.45. The van der Waals surface area contributed by atoms with E-state index < -0.39 is 5.97 Å². The molecule has 1 N–H and O–H groups in total. The first-order valence-electron chi connectivity index (χ1n) is 5.85. The monoisotopic (exact) mass is 244 g/mol. The highest BCUT2D eigenvalue weighted by atomic mass is 16.4. The van der Waals surface area contributed by atoms with E-state index in [0.717, 1.165) is 24.9 Å². The van der Waals surface area contributed by atoms with E-state index in [2.05, 4.69) is 11.5 Å². The second-order valence-electron chi connectivity index (χ2n) is 3.89. The van der Waals surface area contributed by atoms with Crippen molar-refractivity contribution in [3.8, 4) is 6.07 Å². The molecule has 0 radical (unpaired) electrons. The number of nitriles is 1. The zero-order chi connectivity index (χ0) is 13.4. The third-order valence-electron chi connectivity index (χ3n) is 2.45. The van der Waals surface area contributed by atoms with Crippen molar-refractivity contribution in [2.75, 3.05) is 0 Å². The molecule has 0 aromatic carbocycles. The number of carbonyl (C=O) groups is 1. The second kappa shape index (κ2) is 7.13. The summed E-state index contributed by atoms with van der Waals surface area (Å²) in [5.74, 6) is -1.21. The third-order valence-corrected chi connectivity index (χ3v) is 2.45. The predicted molar refractivity (Wildman–Crippen MR) is 69.7 cm³/mol. The maximum atomic E-state index is 10.6. The first-order chi connectivity index (χ1) is 8.67. The number of unbranched alkanes of at least 4 members (excludes halogenated alkanes) is 1. The summed E-state index contributed by atoms with van der Waals surface area (Å²) in [7, 11) is 0. The number of aliphatic carboxylic acids is 1. The molecule has 0 bridgehead atoms. The Balaban J connectivity index is 2.65. The van der Waals surface area contributed by atoms with E-state index in [4.69, 9.17) is 10.4 Å². The topological polar surface area (TPSA) is 66.0 Å². The molecule has 0 saturated carbocycles. The number of aromatic nitrogens is 1. The van der Waals surface area contributed by atoms with Gasteiger partial charge in [0.05, 0.1) is 0 Å². The van der Waals surface area contributed by atoms with Crippen LogP contribution in [0.15, 0.2) is 36.2 Å². The summed E-state index contributed by atoms with van der Waals surface area (Å²) in [6, 6.07) is 3.58. The molecule has 0 spiro atoms. The minimum absolute atomic E-state index is 0.267. The zero-order valence-electron chi connectivity index (χ0n) is 10.3. The highest BCUT2D eigenvalue weighted by molar-refractivity contribution is 5.91. The van der Waals surface area contributed by atoms with Crippen molar-refractivity contribution in [3.63, 3.8) is 0 Å². The predicted octanol–water partition coefficient (Wildman–Crippen LogP) is 2.84. The number of hydrogen-bond acceptors (Lipinski definition) is 2. The molecule has 0 fully saturated rings. The molecule has 1 rings (SSSR count). The molecule has 0 aliphatic rings. The lowest BCUT2D eigenvalue weighted by molar-refractivity contribution is -0.132. The van der Waals surface area contributed by atoms with Gasteiger partial charge in [-0.1, -0.05) is 25.5 Å². The zero-order valence-corrected chi connectivity index (χ0v) is 10.3. The molecule has 0 atom stereocenters. The molecule has 4 heteroatoms. The number of allylic oxidation sites excluding steroid dienone is 2. The summed E-state index contributed by atoms with van der Waals surface area (Å²) >= 11 is 0. The fourth-order valence-electron chi connectivity index (χ4n) is 1.45. The van der Waals surface area contributed by atoms with Crippen molar-refractivity contribution < 1.29 is 9.90 Å². The highest BCUT2D eigenvalue weighted by Crippen LogP contribution is 2.06. The van der Waals surface area contributed by atoms with E-state index in [1.54, 1.807) is 18.2 Å². The van der Waals surface area contributed by atoms with E-state index in [9.17, 15) is 4.79 Å². The minimum Gasteiger partial charge on any atom is -0.477 e. The largest absolute Gasteiger partial charge is 0.477 e. The van der Waals surface area contributed by atoms with Gasteiger partial charge < -0.3 is 9.67 Å². The second-order valence-corrected chi connectivity index (χ2v) is 3.89. The highest BCUT2D eigenvalue weighted by Gasteiger charge is 2.02. The van der Waals surface area contributed by atoms with Crippen LogP contribution in [0.2, 0.25) is 0 Å². The maximum absolute atomic E-state index is 10.6. The van der Waals surface area contributed by atoms with E-state index in [1.165, 1.54) is 6.08 Å². The lowest BCUT2D eigenvalue weighted by Crippen LogP contribution is -1.96. The summed E-state index contributed by atoms with van der Waals surface area (Å²) in [6.45, 7) is 3.13. The molecule has 18 heavy (non-hydrogen) atoms. The van der Waals surface area contributed by atoms with Crippen molar-refractivity contribution >= 4 is 12.0 Å². The van der Waals surface area contributed by atoms with Crippen LogP contribution in [0.25, 0.3) is 6.08 Å². The summed E-state index contributed by atoms with van der Waals surface area (Å²) in [5, 5.41) is 17.2. The molecule has 1 heterocycles. The number of nitrogens with zero attached hydrogens (tertiary/aromatic N) is 2. The van der Waals surface area contributed by atoms with Gasteiger partial charge in [-0.05, 0) is 24.1 Å². The summed E-state index contributed by atoms with van der Waals surface area (Å²) in [5.41, 5.74) is 0.724. The van der Waals surface area contributed by atoms with Gasteiger partial charge in [-0.3, -0.25) is 0 Å². The molecular weight excluding hydrogens is 228 g/mol. The number of carboxylic acid groups (broad SMARTS) is 1. The Morgan fingerprint density at radius 1 is 1.61 bits per heavy atom. The molecule has 94 valence electrons. The first kappa shape index (κ1) is 13.8. The minimum atomic E-state index is -1.21. The maximum Gasteiger partial charge on any atom is 0.346 e. The van der Waals surface area contributed by atoms with Crippen molar-refractivity contribution in [1.82, 2.24) is 4.57 Å². The van der Waals surface area contributed by atoms with Crippen LogP contribution in [0, 0.1) is 11.3 Å². The average molecular weight is 244 g/mol. The van der Waals surface area contributed by atoms with Gasteiger partial charge in [0.25, 0.3) is 0 Å². The normalized spacial score (nSPS) is 11.7. The van der Waals surface area contributed by atoms with Crippen molar-refractivity contribution in [2.24, 2.45) is 0 Å². The SMILES string of the molecule is CCCCn1ccc(/C=C/C=C(\C#N)C(=O)O)c1. The Bertz CT molecular complexity index is 504. The lowest BCUT2D eigenvalue weighted by atomic mass is 10.2. The van der Waals surface area contributed by atoms with Gasteiger partial charge in [-0.15, -0.1) is 0 Å². The average Bonchev–Trinajstić information content (AvgIpc) is 2.79. The molecule has 4 nitrogen and oxygen atoms in total. The summed E-state index contributed by atoms with van der Waals surface area (Å²) < 4.78 is 2.09. The van der Waals surface area contributed by atoms with Gasteiger partial charge >= 0.3 is 5.97 Å². The Morgan fingerprint density at radius 2 is 2.39 bits per heavy atom. The smallest absolute Gasteiger partial charge is 0.346 e. The van der Waals surface area contributed by atoms with Crippen LogP contribution in [-0.2, 0) is 11.3 Å². The van der Waals surface area contributed by atoms with Crippen LogP contribution in [0.5, 0.6) is 0 Å². The molecule has 1 aromatic heterocycles. The standard InChI is InChI=1S/C14H16N2O2/c1-2-3-8-16-9-7-12(11-16)5-4-6-13(10-15)14(17)18/h4-7,9,11H,2-3,8H2,1H3,(H,17,18)/b5-4+,13-6+. The quantitative estimate of drug-likeness (QED) is 0.475. The van der Waals surface area contributed by atoms with Crippen LogP contribution >= 0.6 is 0 Å². The third kappa shape index (κ3) is 4.30. The molecule has 0 aliphatic heterocycles. The van der Waals surface area contributed by atoms with Crippen LogP contribution in [0.1, 0.15) is 25.3 Å². The van der Waals surface area contributed by atoms with Crippen molar-refractivity contribution in [2.45, 2.75) is 26.3 Å². The lowest BCUT2D eigenvalue weighted by Gasteiger charge is -1.98. The van der Waals surface area contributed by atoms with Gasteiger partial charge in [-0.2, -0.15) is 5.26 Å².